The Morgan fingerprint density at radius 1 is 1.03 bits per heavy atom. The summed E-state index contributed by atoms with van der Waals surface area (Å²) in [5.74, 6) is 0.155. The number of Topliss-reactive ketones (excluding diaryl/α,β-unsaturated/α-hetero) is 1. The lowest BCUT2D eigenvalue weighted by atomic mass is 9.91. The Balaban J connectivity index is 1.77. The molecule has 0 atom stereocenters. The van der Waals surface area contributed by atoms with E-state index in [0.717, 1.165) is 29.1 Å². The predicted octanol–water partition coefficient (Wildman–Crippen LogP) is 6.17. The molecule has 6 heteroatoms. The van der Waals surface area contributed by atoms with Crippen LogP contribution in [0.1, 0.15) is 59.3 Å². The second kappa shape index (κ2) is 9.92. The molecule has 0 radical (unpaired) electrons. The van der Waals surface area contributed by atoms with E-state index in [1.165, 1.54) is 11.1 Å². The topological polar surface area (TPSA) is 29.5 Å². The maximum atomic E-state index is 13.2. The van der Waals surface area contributed by atoms with Crippen LogP contribution in [0.2, 0.25) is 0 Å². The summed E-state index contributed by atoms with van der Waals surface area (Å²) >= 11 is 10.8. The number of thiol groups is 2. The molecule has 0 spiro atoms. The van der Waals surface area contributed by atoms with Gasteiger partial charge in [0.1, 0.15) is 0 Å². The molecule has 1 saturated heterocycles. The normalized spacial score (nSPS) is 16.0. The lowest BCUT2D eigenvalue weighted by molar-refractivity contribution is -0.00430. The van der Waals surface area contributed by atoms with Crippen molar-refractivity contribution in [1.82, 2.24) is 4.90 Å². The summed E-state index contributed by atoms with van der Waals surface area (Å²) in [6.45, 7) is 13.6. The summed E-state index contributed by atoms with van der Waals surface area (Å²) in [6.07, 6.45) is 0. The highest BCUT2D eigenvalue weighted by molar-refractivity contribution is 8.00. The maximum absolute atomic E-state index is 13.2. The summed E-state index contributed by atoms with van der Waals surface area (Å²) in [4.78, 5) is 16.6. The van der Waals surface area contributed by atoms with Crippen LogP contribution in [0.4, 0.5) is 0 Å². The highest BCUT2D eigenvalue weighted by atomic mass is 32.2. The van der Waals surface area contributed by atoms with Crippen molar-refractivity contribution in [3.63, 3.8) is 0 Å². The zero-order valence-corrected chi connectivity index (χ0v) is 21.6. The van der Waals surface area contributed by atoms with Gasteiger partial charge < -0.3 is 4.74 Å². The third kappa shape index (κ3) is 5.53. The lowest BCUT2D eigenvalue weighted by Crippen LogP contribution is -2.54. The van der Waals surface area contributed by atoms with Gasteiger partial charge >= 0.3 is 0 Å². The van der Waals surface area contributed by atoms with Crippen LogP contribution < -0.4 is 0 Å². The number of hydrogen-bond donors (Lipinski definition) is 2. The molecule has 0 N–H and O–H groups in total. The molecular formula is C25H33NO2S3. The summed E-state index contributed by atoms with van der Waals surface area (Å²) in [6, 6.07) is 14.4. The largest absolute Gasteiger partial charge is 0.379 e. The number of carbonyl (C=O) groups excluding carboxylic acids is 1. The Bertz CT molecular complexity index is 917. The predicted molar refractivity (Wildman–Crippen MR) is 138 cm³/mol. The van der Waals surface area contributed by atoms with Crippen LogP contribution >= 0.6 is 37.0 Å². The minimum absolute atomic E-state index is 0.0964. The molecule has 168 valence electrons. The second-order valence-electron chi connectivity index (χ2n) is 9.02. The molecule has 2 aromatic rings. The average Bonchev–Trinajstić information content (AvgIpc) is 2.74. The van der Waals surface area contributed by atoms with Crippen LogP contribution in [0, 0.1) is 6.92 Å². The number of ether oxygens (including phenoxy) is 1. The van der Waals surface area contributed by atoms with Crippen LogP contribution in [-0.2, 0) is 9.48 Å². The monoisotopic (exact) mass is 475 g/mol. The maximum Gasteiger partial charge on any atom is 0.182 e. The number of morpholine rings is 1. The Morgan fingerprint density at radius 2 is 1.65 bits per heavy atom. The van der Waals surface area contributed by atoms with E-state index in [0.29, 0.717) is 13.2 Å². The molecule has 3 nitrogen and oxygen atoms in total. The number of thioether (sulfide) groups is 1. The van der Waals surface area contributed by atoms with Crippen molar-refractivity contribution < 1.29 is 9.53 Å². The molecule has 31 heavy (non-hydrogen) atoms. The van der Waals surface area contributed by atoms with Crippen LogP contribution in [0.3, 0.4) is 0 Å². The first-order valence-electron chi connectivity index (χ1n) is 10.7. The van der Waals surface area contributed by atoms with Gasteiger partial charge in [-0.15, -0.1) is 11.8 Å². The van der Waals surface area contributed by atoms with E-state index in [-0.39, 0.29) is 15.1 Å². The number of nitrogens with zero attached hydrogens (tertiary/aromatic N) is 1. The van der Waals surface area contributed by atoms with E-state index >= 15 is 0 Å². The van der Waals surface area contributed by atoms with Crippen molar-refractivity contribution in [2.24, 2.45) is 0 Å². The van der Waals surface area contributed by atoms with Gasteiger partial charge in [0, 0.05) is 28.3 Å². The molecule has 0 aromatic heterocycles. The molecule has 0 bridgehead atoms. The minimum atomic E-state index is -0.536. The third-order valence-corrected chi connectivity index (χ3v) is 7.94. The first-order chi connectivity index (χ1) is 14.5. The van der Waals surface area contributed by atoms with E-state index in [2.05, 4.69) is 81.3 Å². The standard InChI is InChI=1S/C25H33NO2S3/c1-17-20(23(29)30)7-6-8-21(17)25(4,5)31-19-11-9-18(10-12-19)22(27)24(2,3)26-13-15-28-16-14-26/h6-12,23,29-30H,13-16H2,1-5H3. The van der Waals surface area contributed by atoms with Gasteiger partial charge in [-0.1, -0.05) is 30.3 Å². The molecule has 0 amide bonds. The van der Waals surface area contributed by atoms with E-state index in [1.54, 1.807) is 11.8 Å². The highest BCUT2D eigenvalue weighted by Gasteiger charge is 2.36. The molecule has 1 aliphatic heterocycles. The Hall–Kier alpha value is -0.920. The fourth-order valence-corrected chi connectivity index (χ4v) is 5.98. The zero-order chi connectivity index (χ0) is 22.8. The highest BCUT2D eigenvalue weighted by Crippen LogP contribution is 2.44. The average molecular weight is 476 g/mol. The molecule has 0 saturated carbocycles. The van der Waals surface area contributed by atoms with Gasteiger partial charge in [-0.2, -0.15) is 25.3 Å². The summed E-state index contributed by atoms with van der Waals surface area (Å²) in [5.41, 5.74) is 3.87. The minimum Gasteiger partial charge on any atom is -0.379 e. The van der Waals surface area contributed by atoms with Crippen molar-refractivity contribution in [2.75, 3.05) is 26.3 Å². The van der Waals surface area contributed by atoms with Crippen LogP contribution in [-0.4, -0.2) is 42.5 Å². The Morgan fingerprint density at radius 3 is 2.23 bits per heavy atom. The number of carbonyl (C=O) groups is 1. The van der Waals surface area contributed by atoms with Gasteiger partial charge in [-0.25, -0.2) is 0 Å². The SMILES string of the molecule is Cc1c(C(S)S)cccc1C(C)(C)Sc1ccc(C(=O)C(C)(C)N2CCOCC2)cc1. The first-order valence-corrected chi connectivity index (χ1v) is 12.5. The van der Waals surface area contributed by atoms with Crippen LogP contribution in [0.15, 0.2) is 47.4 Å². The molecule has 2 aromatic carbocycles. The second-order valence-corrected chi connectivity index (χ2v) is 12.2. The molecule has 1 fully saturated rings. The van der Waals surface area contributed by atoms with Crippen molar-refractivity contribution in [2.45, 2.75) is 54.4 Å². The van der Waals surface area contributed by atoms with Gasteiger partial charge in [-0.05, 0) is 63.4 Å². The van der Waals surface area contributed by atoms with Gasteiger partial charge in [0.05, 0.1) is 23.3 Å². The quantitative estimate of drug-likeness (QED) is 0.217. The Labute approximate surface area is 202 Å². The third-order valence-electron chi connectivity index (χ3n) is 6.15. The van der Waals surface area contributed by atoms with Crippen LogP contribution in [0.25, 0.3) is 0 Å². The first kappa shape index (κ1) is 24.7. The number of hydrogen-bond acceptors (Lipinski definition) is 6. The van der Waals surface area contributed by atoms with Gasteiger partial charge in [0.25, 0.3) is 0 Å². The van der Waals surface area contributed by atoms with Crippen molar-refractivity contribution in [1.29, 1.82) is 0 Å². The Kier molecular flexibility index (Phi) is 7.91. The molecule has 3 rings (SSSR count). The fraction of sp³-hybridized carbons (Fsp3) is 0.480. The smallest absolute Gasteiger partial charge is 0.182 e. The van der Waals surface area contributed by atoms with E-state index in [9.17, 15) is 4.79 Å². The summed E-state index contributed by atoms with van der Waals surface area (Å²) < 4.78 is 5.22. The van der Waals surface area contributed by atoms with E-state index in [4.69, 9.17) is 4.74 Å². The molecule has 0 unspecified atom stereocenters. The molecule has 1 aliphatic rings. The van der Waals surface area contributed by atoms with Gasteiger partial charge in [0.15, 0.2) is 5.78 Å². The summed E-state index contributed by atoms with van der Waals surface area (Å²) in [7, 11) is 0. The van der Waals surface area contributed by atoms with Crippen molar-refractivity contribution in [3.8, 4) is 0 Å². The van der Waals surface area contributed by atoms with Crippen molar-refractivity contribution in [3.05, 3.63) is 64.7 Å². The summed E-state index contributed by atoms with van der Waals surface area (Å²) in [5, 5.41) is 0. The molecule has 0 aliphatic carbocycles. The lowest BCUT2D eigenvalue weighted by Gasteiger charge is -2.39. The van der Waals surface area contributed by atoms with Crippen LogP contribution in [0.5, 0.6) is 0 Å². The van der Waals surface area contributed by atoms with E-state index in [1.807, 2.05) is 26.0 Å². The number of rotatable bonds is 7. The number of benzene rings is 2. The zero-order valence-electron chi connectivity index (χ0n) is 19.0. The fourth-order valence-electron chi connectivity index (χ4n) is 4.23. The molecular weight excluding hydrogens is 442 g/mol. The number of ketones is 1. The van der Waals surface area contributed by atoms with Gasteiger partial charge in [-0.3, -0.25) is 9.69 Å². The molecule has 1 heterocycles. The van der Waals surface area contributed by atoms with Gasteiger partial charge in [0.2, 0.25) is 0 Å². The van der Waals surface area contributed by atoms with Crippen molar-refractivity contribution >= 4 is 42.8 Å². The van der Waals surface area contributed by atoms with E-state index < -0.39 is 5.54 Å².